The molecule has 3 nitrogen and oxygen atoms in total. The van der Waals surface area contributed by atoms with Crippen LogP contribution in [0.1, 0.15) is 13.8 Å². The van der Waals surface area contributed by atoms with Crippen LogP contribution in [0.4, 0.5) is 4.39 Å². The van der Waals surface area contributed by atoms with Crippen LogP contribution in [0, 0.1) is 5.82 Å². The zero-order valence-corrected chi connectivity index (χ0v) is 9.72. The molecule has 0 aliphatic heterocycles. The van der Waals surface area contributed by atoms with Gasteiger partial charge in [-0.2, -0.15) is 0 Å². The molecule has 4 heteroatoms. The van der Waals surface area contributed by atoms with Gasteiger partial charge in [0.2, 0.25) is 0 Å². The number of hydrogen-bond acceptors (Lipinski definition) is 3. The highest BCUT2D eigenvalue weighted by molar-refractivity contribution is 5.55. The van der Waals surface area contributed by atoms with E-state index in [0.29, 0.717) is 5.82 Å². The molecule has 2 rings (SSSR count). The third-order valence-corrected chi connectivity index (χ3v) is 2.10. The van der Waals surface area contributed by atoms with E-state index >= 15 is 0 Å². The molecular weight excluding hydrogens is 219 g/mol. The monoisotopic (exact) mass is 232 g/mol. The summed E-state index contributed by atoms with van der Waals surface area (Å²) in [7, 11) is 0. The summed E-state index contributed by atoms with van der Waals surface area (Å²) in [5, 5.41) is 0. The van der Waals surface area contributed by atoms with E-state index in [1.807, 2.05) is 38.1 Å². The molecule has 17 heavy (non-hydrogen) atoms. The van der Waals surface area contributed by atoms with Gasteiger partial charge in [0.05, 0.1) is 18.5 Å². The molecule has 0 fully saturated rings. The molecule has 0 unspecified atom stereocenters. The van der Waals surface area contributed by atoms with Crippen molar-refractivity contribution in [2.24, 2.45) is 0 Å². The Morgan fingerprint density at radius 2 is 1.65 bits per heavy atom. The van der Waals surface area contributed by atoms with Gasteiger partial charge in [0.25, 0.3) is 0 Å². The Morgan fingerprint density at radius 1 is 1.06 bits per heavy atom. The molecule has 0 saturated heterocycles. The molecule has 0 bridgehead atoms. The van der Waals surface area contributed by atoms with E-state index in [9.17, 15) is 4.39 Å². The summed E-state index contributed by atoms with van der Waals surface area (Å²) < 4.78 is 18.2. The first-order valence-corrected chi connectivity index (χ1v) is 5.40. The summed E-state index contributed by atoms with van der Waals surface area (Å²) in [5.41, 5.74) is 0.834. The number of ether oxygens (including phenoxy) is 1. The third-order valence-electron chi connectivity index (χ3n) is 2.10. The van der Waals surface area contributed by atoms with E-state index in [0.717, 1.165) is 23.7 Å². The van der Waals surface area contributed by atoms with Gasteiger partial charge in [-0.1, -0.05) is 0 Å². The van der Waals surface area contributed by atoms with E-state index < -0.39 is 5.82 Å². The van der Waals surface area contributed by atoms with Gasteiger partial charge in [-0.25, -0.2) is 14.4 Å². The zero-order chi connectivity index (χ0) is 12.3. The summed E-state index contributed by atoms with van der Waals surface area (Å²) in [6.45, 7) is 3.94. The Balaban J connectivity index is 2.20. The molecule has 0 amide bonds. The van der Waals surface area contributed by atoms with Crippen LogP contribution in [0.5, 0.6) is 5.75 Å². The van der Waals surface area contributed by atoms with Gasteiger partial charge in [0.1, 0.15) is 5.75 Å². The Bertz CT molecular complexity index is 480. The lowest BCUT2D eigenvalue weighted by Gasteiger charge is -2.09. The summed E-state index contributed by atoms with van der Waals surface area (Å²) in [5.74, 6) is 0.863. The van der Waals surface area contributed by atoms with E-state index in [-0.39, 0.29) is 6.10 Å². The average molecular weight is 232 g/mol. The van der Waals surface area contributed by atoms with Crippen molar-refractivity contribution in [3.63, 3.8) is 0 Å². The molecule has 1 aromatic heterocycles. The van der Waals surface area contributed by atoms with E-state index in [2.05, 4.69) is 9.97 Å². The van der Waals surface area contributed by atoms with Crippen LogP contribution in [0.15, 0.2) is 36.7 Å². The quantitative estimate of drug-likeness (QED) is 0.815. The second-order valence-electron chi connectivity index (χ2n) is 3.92. The van der Waals surface area contributed by atoms with E-state index in [1.165, 1.54) is 0 Å². The molecule has 0 atom stereocenters. The van der Waals surface area contributed by atoms with Crippen molar-refractivity contribution < 1.29 is 9.13 Å². The minimum Gasteiger partial charge on any atom is -0.491 e. The summed E-state index contributed by atoms with van der Waals surface area (Å²) in [6.07, 6.45) is 2.45. The van der Waals surface area contributed by atoms with Gasteiger partial charge in [-0.3, -0.25) is 0 Å². The lowest BCUT2D eigenvalue weighted by molar-refractivity contribution is 0.242. The molecule has 2 aromatic rings. The Hall–Kier alpha value is -1.97. The fourth-order valence-electron chi connectivity index (χ4n) is 1.42. The Labute approximate surface area is 99.3 Å². The summed E-state index contributed by atoms with van der Waals surface area (Å²) in [6, 6.07) is 7.40. The highest BCUT2D eigenvalue weighted by Gasteiger charge is 2.02. The first-order chi connectivity index (χ1) is 8.15. The fraction of sp³-hybridized carbons (Fsp3) is 0.231. The maximum atomic E-state index is 12.7. The summed E-state index contributed by atoms with van der Waals surface area (Å²) in [4.78, 5) is 7.82. The standard InChI is InChI=1S/C13H13FN2O/c1-9(2)17-12-5-3-10(4-6-12)13-15-7-11(14)8-16-13/h3-9H,1-2H3. The normalized spacial score (nSPS) is 10.6. The molecule has 0 aliphatic carbocycles. The van der Waals surface area contributed by atoms with Crippen LogP contribution < -0.4 is 4.74 Å². The van der Waals surface area contributed by atoms with Crippen molar-refractivity contribution in [1.29, 1.82) is 0 Å². The zero-order valence-electron chi connectivity index (χ0n) is 9.72. The van der Waals surface area contributed by atoms with Gasteiger partial charge >= 0.3 is 0 Å². The van der Waals surface area contributed by atoms with E-state index in [4.69, 9.17) is 4.74 Å². The minimum atomic E-state index is -0.437. The van der Waals surface area contributed by atoms with Crippen molar-refractivity contribution in [3.8, 4) is 17.1 Å². The van der Waals surface area contributed by atoms with Crippen LogP contribution in [0.3, 0.4) is 0 Å². The molecule has 1 heterocycles. The number of halogens is 1. The topological polar surface area (TPSA) is 35.0 Å². The number of nitrogens with zero attached hydrogens (tertiary/aromatic N) is 2. The molecule has 1 aromatic carbocycles. The number of hydrogen-bond donors (Lipinski definition) is 0. The van der Waals surface area contributed by atoms with Crippen LogP contribution in [-0.4, -0.2) is 16.1 Å². The van der Waals surface area contributed by atoms with Crippen LogP contribution in [-0.2, 0) is 0 Å². The molecule has 0 aliphatic rings. The van der Waals surface area contributed by atoms with Crippen molar-refractivity contribution in [2.45, 2.75) is 20.0 Å². The average Bonchev–Trinajstić information content (AvgIpc) is 2.30. The lowest BCUT2D eigenvalue weighted by Crippen LogP contribution is -2.05. The molecule has 0 spiro atoms. The van der Waals surface area contributed by atoms with Gasteiger partial charge in [-0.05, 0) is 38.1 Å². The number of benzene rings is 1. The first kappa shape index (κ1) is 11.5. The van der Waals surface area contributed by atoms with Crippen molar-refractivity contribution >= 4 is 0 Å². The first-order valence-electron chi connectivity index (χ1n) is 5.40. The minimum absolute atomic E-state index is 0.142. The molecule has 0 saturated carbocycles. The highest BCUT2D eigenvalue weighted by atomic mass is 19.1. The van der Waals surface area contributed by atoms with Crippen molar-refractivity contribution in [3.05, 3.63) is 42.5 Å². The smallest absolute Gasteiger partial charge is 0.159 e. The lowest BCUT2D eigenvalue weighted by atomic mass is 10.2. The summed E-state index contributed by atoms with van der Waals surface area (Å²) >= 11 is 0. The van der Waals surface area contributed by atoms with Gasteiger partial charge in [0.15, 0.2) is 11.6 Å². The predicted octanol–water partition coefficient (Wildman–Crippen LogP) is 3.07. The predicted molar refractivity (Wildman–Crippen MR) is 63.2 cm³/mol. The highest BCUT2D eigenvalue weighted by Crippen LogP contribution is 2.19. The molecule has 88 valence electrons. The fourth-order valence-corrected chi connectivity index (χ4v) is 1.42. The third kappa shape index (κ3) is 3.00. The van der Waals surface area contributed by atoms with Crippen molar-refractivity contribution in [2.75, 3.05) is 0 Å². The van der Waals surface area contributed by atoms with Crippen LogP contribution >= 0.6 is 0 Å². The number of aromatic nitrogens is 2. The van der Waals surface area contributed by atoms with Crippen LogP contribution in [0.25, 0.3) is 11.4 Å². The maximum absolute atomic E-state index is 12.7. The van der Waals surface area contributed by atoms with Gasteiger partial charge in [-0.15, -0.1) is 0 Å². The Morgan fingerprint density at radius 3 is 2.18 bits per heavy atom. The SMILES string of the molecule is CC(C)Oc1ccc(-c2ncc(F)cn2)cc1. The van der Waals surface area contributed by atoms with E-state index in [1.54, 1.807) is 0 Å². The van der Waals surface area contributed by atoms with Crippen LogP contribution in [0.2, 0.25) is 0 Å². The maximum Gasteiger partial charge on any atom is 0.159 e. The largest absolute Gasteiger partial charge is 0.491 e. The molecule has 0 radical (unpaired) electrons. The second-order valence-corrected chi connectivity index (χ2v) is 3.92. The second kappa shape index (κ2) is 4.91. The Kier molecular flexibility index (Phi) is 3.32. The molecular formula is C13H13FN2O. The van der Waals surface area contributed by atoms with Gasteiger partial charge < -0.3 is 4.74 Å². The molecule has 0 N–H and O–H groups in total. The van der Waals surface area contributed by atoms with Gasteiger partial charge in [0, 0.05) is 5.56 Å². The van der Waals surface area contributed by atoms with Crippen molar-refractivity contribution in [1.82, 2.24) is 9.97 Å². The number of rotatable bonds is 3.